The van der Waals surface area contributed by atoms with Crippen molar-refractivity contribution in [1.82, 2.24) is 10.3 Å². The number of halogens is 3. The Balaban J connectivity index is 1.65. The van der Waals surface area contributed by atoms with Crippen LogP contribution in [0.2, 0.25) is 10.0 Å². The van der Waals surface area contributed by atoms with E-state index in [0.29, 0.717) is 16.3 Å². The highest BCUT2D eigenvalue weighted by Gasteiger charge is 2.21. The first-order chi connectivity index (χ1) is 13.4. The van der Waals surface area contributed by atoms with Gasteiger partial charge in [-0.1, -0.05) is 23.2 Å². The summed E-state index contributed by atoms with van der Waals surface area (Å²) in [6.45, 7) is 3.62. The number of benzene rings is 1. The zero-order valence-corrected chi connectivity index (χ0v) is 17.4. The van der Waals surface area contributed by atoms with Gasteiger partial charge in [0.15, 0.2) is 11.6 Å². The molecule has 1 atom stereocenters. The van der Waals surface area contributed by atoms with Gasteiger partial charge in [0.05, 0.1) is 5.02 Å². The SMILES string of the molecule is CC(Oc1cc(-c2cc3c(s2)CCNC3)cnc1N)c1c(Cl)ccc(F)c1Cl. The van der Waals surface area contributed by atoms with Gasteiger partial charge in [-0.05, 0) is 43.2 Å². The molecule has 3 aromatic rings. The van der Waals surface area contributed by atoms with Gasteiger partial charge in [0, 0.05) is 45.2 Å². The van der Waals surface area contributed by atoms with Crippen molar-refractivity contribution in [3.05, 3.63) is 62.3 Å². The van der Waals surface area contributed by atoms with Gasteiger partial charge in [-0.2, -0.15) is 0 Å². The molecule has 0 bridgehead atoms. The molecule has 0 radical (unpaired) electrons. The molecule has 0 amide bonds. The van der Waals surface area contributed by atoms with E-state index in [0.717, 1.165) is 30.0 Å². The fourth-order valence-corrected chi connectivity index (χ4v) is 5.08. The molecule has 1 unspecified atom stereocenters. The lowest BCUT2D eigenvalue weighted by atomic mass is 10.1. The number of thiophene rings is 1. The summed E-state index contributed by atoms with van der Waals surface area (Å²) >= 11 is 14.1. The molecule has 0 saturated carbocycles. The number of aromatic nitrogens is 1. The molecule has 3 heterocycles. The Morgan fingerprint density at radius 2 is 2.14 bits per heavy atom. The number of pyridine rings is 1. The van der Waals surface area contributed by atoms with E-state index >= 15 is 0 Å². The minimum absolute atomic E-state index is 0.0545. The third-order valence-corrected chi connectivity index (χ3v) is 6.70. The molecule has 4 rings (SSSR count). The van der Waals surface area contributed by atoms with Crippen molar-refractivity contribution in [2.24, 2.45) is 0 Å². The number of hydrogen-bond acceptors (Lipinski definition) is 5. The highest BCUT2D eigenvalue weighted by atomic mass is 35.5. The molecule has 0 fully saturated rings. The Labute approximate surface area is 176 Å². The fourth-order valence-electron chi connectivity index (χ4n) is 3.24. The Kier molecular flexibility index (Phi) is 5.47. The van der Waals surface area contributed by atoms with E-state index in [1.54, 1.807) is 24.5 Å². The van der Waals surface area contributed by atoms with Crippen molar-refractivity contribution in [2.45, 2.75) is 26.0 Å². The van der Waals surface area contributed by atoms with Crippen LogP contribution in [-0.4, -0.2) is 11.5 Å². The smallest absolute Gasteiger partial charge is 0.166 e. The number of nitrogen functional groups attached to an aromatic ring is 1. The Hall–Kier alpha value is -1.86. The lowest BCUT2D eigenvalue weighted by Crippen LogP contribution is -2.21. The van der Waals surface area contributed by atoms with Crippen LogP contribution >= 0.6 is 34.5 Å². The van der Waals surface area contributed by atoms with Crippen molar-refractivity contribution in [1.29, 1.82) is 0 Å². The van der Waals surface area contributed by atoms with E-state index in [-0.39, 0.29) is 10.8 Å². The van der Waals surface area contributed by atoms with Crippen LogP contribution in [0.15, 0.2) is 30.5 Å². The van der Waals surface area contributed by atoms with Gasteiger partial charge in [-0.25, -0.2) is 9.37 Å². The zero-order valence-electron chi connectivity index (χ0n) is 15.1. The molecule has 4 nitrogen and oxygen atoms in total. The molecule has 8 heteroatoms. The Bertz CT molecular complexity index is 1020. The largest absolute Gasteiger partial charge is 0.482 e. The van der Waals surface area contributed by atoms with E-state index in [9.17, 15) is 4.39 Å². The number of fused-ring (bicyclic) bond motifs is 1. The second-order valence-corrected chi connectivity index (χ2v) is 8.53. The van der Waals surface area contributed by atoms with Crippen LogP contribution in [-0.2, 0) is 13.0 Å². The van der Waals surface area contributed by atoms with Crippen LogP contribution in [0, 0.1) is 5.82 Å². The van der Waals surface area contributed by atoms with E-state index < -0.39 is 11.9 Å². The first-order valence-corrected chi connectivity index (χ1v) is 10.4. The number of anilines is 1. The summed E-state index contributed by atoms with van der Waals surface area (Å²) in [5.74, 6) is 0.113. The second-order valence-electron chi connectivity index (χ2n) is 6.61. The number of nitrogens with two attached hydrogens (primary N) is 1. The standard InChI is InChI=1S/C20H18Cl2FN3OS/c1-10(18-13(21)2-3-14(23)19(18)22)27-15-6-11(9-26-20(15)24)17-7-12-8-25-5-4-16(12)28-17/h2-3,6-7,9-10,25H,4-5,8H2,1H3,(H2,24,26). The average molecular weight is 438 g/mol. The first-order valence-electron chi connectivity index (χ1n) is 8.82. The predicted octanol–water partition coefficient (Wildman–Crippen LogP) is 5.62. The van der Waals surface area contributed by atoms with Crippen LogP contribution in [0.5, 0.6) is 5.75 Å². The van der Waals surface area contributed by atoms with Crippen molar-refractivity contribution in [2.75, 3.05) is 12.3 Å². The van der Waals surface area contributed by atoms with Crippen LogP contribution in [0.1, 0.15) is 29.0 Å². The van der Waals surface area contributed by atoms with E-state index in [2.05, 4.69) is 16.4 Å². The number of nitrogens with one attached hydrogen (secondary N) is 1. The quantitative estimate of drug-likeness (QED) is 0.519. The molecule has 0 spiro atoms. The lowest BCUT2D eigenvalue weighted by molar-refractivity contribution is 0.227. The van der Waals surface area contributed by atoms with Gasteiger partial charge >= 0.3 is 0 Å². The zero-order chi connectivity index (χ0) is 19.8. The third-order valence-electron chi connectivity index (χ3n) is 4.70. The summed E-state index contributed by atoms with van der Waals surface area (Å²) in [4.78, 5) is 6.77. The second kappa shape index (κ2) is 7.87. The van der Waals surface area contributed by atoms with Crippen LogP contribution < -0.4 is 15.8 Å². The molecule has 1 aliphatic rings. The summed E-state index contributed by atoms with van der Waals surface area (Å²) < 4.78 is 19.8. The minimum Gasteiger partial charge on any atom is -0.482 e. The van der Waals surface area contributed by atoms with Crippen LogP contribution in [0.25, 0.3) is 10.4 Å². The monoisotopic (exact) mass is 437 g/mol. The first kappa shape index (κ1) is 19.5. The summed E-state index contributed by atoms with van der Waals surface area (Å²) in [5, 5.41) is 3.66. The maximum absolute atomic E-state index is 13.8. The van der Waals surface area contributed by atoms with Crippen molar-refractivity contribution in [3.63, 3.8) is 0 Å². The fraction of sp³-hybridized carbons (Fsp3) is 0.250. The molecule has 146 valence electrons. The van der Waals surface area contributed by atoms with Gasteiger partial charge in [0.2, 0.25) is 0 Å². The third kappa shape index (κ3) is 3.70. The van der Waals surface area contributed by atoms with Crippen molar-refractivity contribution >= 4 is 40.4 Å². The highest BCUT2D eigenvalue weighted by Crippen LogP contribution is 2.39. The number of hydrogen-bond donors (Lipinski definition) is 2. The average Bonchev–Trinajstić information content (AvgIpc) is 3.11. The van der Waals surface area contributed by atoms with E-state index in [1.807, 2.05) is 6.07 Å². The number of rotatable bonds is 4. The van der Waals surface area contributed by atoms with Crippen molar-refractivity contribution < 1.29 is 9.13 Å². The maximum Gasteiger partial charge on any atom is 0.166 e. The highest BCUT2D eigenvalue weighted by molar-refractivity contribution is 7.15. The maximum atomic E-state index is 13.8. The number of ether oxygens (including phenoxy) is 1. The Morgan fingerprint density at radius 1 is 1.32 bits per heavy atom. The normalized spacial score (nSPS) is 14.6. The van der Waals surface area contributed by atoms with Crippen LogP contribution in [0.4, 0.5) is 10.2 Å². The summed E-state index contributed by atoms with van der Waals surface area (Å²) in [5.41, 5.74) is 8.64. The summed E-state index contributed by atoms with van der Waals surface area (Å²) in [6, 6.07) is 6.71. The topological polar surface area (TPSA) is 60.2 Å². The van der Waals surface area contributed by atoms with Gasteiger partial charge in [0.1, 0.15) is 11.9 Å². The molecule has 2 aromatic heterocycles. The predicted molar refractivity (Wildman–Crippen MR) is 113 cm³/mol. The molecule has 28 heavy (non-hydrogen) atoms. The van der Waals surface area contributed by atoms with Gasteiger partial charge in [0.25, 0.3) is 0 Å². The molecule has 1 aliphatic heterocycles. The van der Waals surface area contributed by atoms with Gasteiger partial charge in [-0.3, -0.25) is 0 Å². The van der Waals surface area contributed by atoms with Gasteiger partial charge in [-0.15, -0.1) is 11.3 Å². The molecule has 3 N–H and O–H groups in total. The van der Waals surface area contributed by atoms with Crippen molar-refractivity contribution in [3.8, 4) is 16.2 Å². The van der Waals surface area contributed by atoms with Gasteiger partial charge < -0.3 is 15.8 Å². The van der Waals surface area contributed by atoms with E-state index in [4.69, 9.17) is 33.7 Å². The van der Waals surface area contributed by atoms with E-state index in [1.165, 1.54) is 22.6 Å². The molecule has 1 aromatic carbocycles. The lowest BCUT2D eigenvalue weighted by Gasteiger charge is -2.19. The summed E-state index contributed by atoms with van der Waals surface area (Å²) in [7, 11) is 0. The number of nitrogens with zero attached hydrogens (tertiary/aromatic N) is 1. The minimum atomic E-state index is -0.601. The Morgan fingerprint density at radius 3 is 2.93 bits per heavy atom. The summed E-state index contributed by atoms with van der Waals surface area (Å²) in [6.07, 6.45) is 2.16. The molecular weight excluding hydrogens is 420 g/mol. The molecule has 0 saturated heterocycles. The molecule has 0 aliphatic carbocycles. The van der Waals surface area contributed by atoms with Crippen LogP contribution in [0.3, 0.4) is 0 Å². The molecular formula is C20H18Cl2FN3OS.